The van der Waals surface area contributed by atoms with E-state index in [1.54, 1.807) is 24.3 Å². The first-order valence-electron chi connectivity index (χ1n) is 6.95. The molecule has 0 aliphatic rings. The highest BCUT2D eigenvalue weighted by Crippen LogP contribution is 2.23. The van der Waals surface area contributed by atoms with Crippen molar-refractivity contribution >= 4 is 29.0 Å². The van der Waals surface area contributed by atoms with Crippen LogP contribution in [0.2, 0.25) is 0 Å². The Labute approximate surface area is 137 Å². The maximum absolute atomic E-state index is 12.3. The first-order chi connectivity index (χ1) is 11.2. The number of nitriles is 1. The first kappa shape index (κ1) is 15.1. The molecule has 1 unspecified atom stereocenters. The number of anilines is 1. The number of nitrogens with zero attached hydrogens (tertiary/aromatic N) is 4. The molecule has 2 aromatic heterocycles. The van der Waals surface area contributed by atoms with Crippen molar-refractivity contribution < 1.29 is 4.79 Å². The summed E-state index contributed by atoms with van der Waals surface area (Å²) >= 11 is 1.34. The van der Waals surface area contributed by atoms with Crippen LogP contribution in [-0.2, 0) is 4.79 Å². The number of amides is 1. The first-order valence-corrected chi connectivity index (χ1v) is 7.83. The van der Waals surface area contributed by atoms with Crippen molar-refractivity contribution in [1.82, 2.24) is 14.6 Å². The van der Waals surface area contributed by atoms with Crippen molar-refractivity contribution in [1.29, 1.82) is 5.26 Å². The molecule has 1 atom stereocenters. The van der Waals surface area contributed by atoms with Gasteiger partial charge in [-0.1, -0.05) is 17.8 Å². The molecule has 3 aromatic rings. The third-order valence-corrected chi connectivity index (χ3v) is 4.27. The number of fused-ring (bicyclic) bond motifs is 1. The highest BCUT2D eigenvalue weighted by atomic mass is 32.2. The number of carbonyl (C=O) groups excluding carboxylic acids is 1. The Morgan fingerprint density at radius 2 is 2.04 bits per heavy atom. The number of hydrogen-bond donors (Lipinski definition) is 1. The molecule has 7 heteroatoms. The minimum Gasteiger partial charge on any atom is -0.325 e. The van der Waals surface area contributed by atoms with E-state index in [2.05, 4.69) is 15.5 Å². The molecule has 1 N–H and O–H groups in total. The van der Waals surface area contributed by atoms with Crippen molar-refractivity contribution in [2.75, 3.05) is 5.32 Å². The lowest BCUT2D eigenvalue weighted by Gasteiger charge is -2.11. The van der Waals surface area contributed by atoms with Gasteiger partial charge in [0.1, 0.15) is 0 Å². The van der Waals surface area contributed by atoms with Crippen molar-refractivity contribution in [2.45, 2.75) is 17.3 Å². The second kappa shape index (κ2) is 6.50. The summed E-state index contributed by atoms with van der Waals surface area (Å²) < 4.78 is 1.84. The van der Waals surface area contributed by atoms with E-state index in [0.717, 1.165) is 5.65 Å². The molecule has 0 radical (unpaired) electrons. The van der Waals surface area contributed by atoms with Gasteiger partial charge in [-0.15, -0.1) is 10.2 Å². The third-order valence-electron chi connectivity index (χ3n) is 3.22. The summed E-state index contributed by atoms with van der Waals surface area (Å²) in [5, 5.41) is 20.1. The van der Waals surface area contributed by atoms with Gasteiger partial charge in [0.05, 0.1) is 16.9 Å². The topological polar surface area (TPSA) is 83.1 Å². The maximum atomic E-state index is 12.3. The van der Waals surface area contributed by atoms with E-state index in [-0.39, 0.29) is 11.2 Å². The van der Waals surface area contributed by atoms with Crippen molar-refractivity contribution in [3.8, 4) is 6.07 Å². The van der Waals surface area contributed by atoms with Crippen LogP contribution < -0.4 is 5.32 Å². The van der Waals surface area contributed by atoms with Gasteiger partial charge in [-0.05, 0) is 43.3 Å². The molecule has 0 saturated carbocycles. The fraction of sp³-hybridized carbons (Fsp3) is 0.125. The number of aromatic nitrogens is 3. The lowest BCUT2D eigenvalue weighted by molar-refractivity contribution is -0.115. The van der Waals surface area contributed by atoms with Gasteiger partial charge in [0.2, 0.25) is 5.91 Å². The van der Waals surface area contributed by atoms with E-state index in [4.69, 9.17) is 5.26 Å². The van der Waals surface area contributed by atoms with Crippen LogP contribution in [0, 0.1) is 11.3 Å². The Morgan fingerprint density at radius 3 is 2.78 bits per heavy atom. The van der Waals surface area contributed by atoms with Crippen molar-refractivity contribution in [2.24, 2.45) is 0 Å². The Kier molecular flexibility index (Phi) is 4.26. The molecule has 0 fully saturated rings. The molecular weight excluding hydrogens is 310 g/mol. The van der Waals surface area contributed by atoms with Gasteiger partial charge in [-0.2, -0.15) is 5.26 Å². The lowest BCUT2D eigenvalue weighted by atomic mass is 10.2. The fourth-order valence-corrected chi connectivity index (χ4v) is 2.82. The largest absolute Gasteiger partial charge is 0.325 e. The molecule has 0 aliphatic heterocycles. The van der Waals surface area contributed by atoms with Crippen LogP contribution in [-0.4, -0.2) is 25.8 Å². The van der Waals surface area contributed by atoms with Crippen LogP contribution in [0.3, 0.4) is 0 Å². The molecule has 3 rings (SSSR count). The van der Waals surface area contributed by atoms with Gasteiger partial charge in [-0.25, -0.2) is 0 Å². The predicted molar refractivity (Wildman–Crippen MR) is 88.1 cm³/mol. The molecule has 0 spiro atoms. The molecule has 1 aromatic carbocycles. The van der Waals surface area contributed by atoms with E-state index < -0.39 is 0 Å². The van der Waals surface area contributed by atoms with E-state index in [9.17, 15) is 4.79 Å². The van der Waals surface area contributed by atoms with Crippen LogP contribution >= 0.6 is 11.8 Å². The van der Waals surface area contributed by atoms with Crippen LogP contribution in [0.25, 0.3) is 5.65 Å². The van der Waals surface area contributed by atoms with Gasteiger partial charge in [0, 0.05) is 11.9 Å². The molecule has 2 heterocycles. The van der Waals surface area contributed by atoms with E-state index >= 15 is 0 Å². The summed E-state index contributed by atoms with van der Waals surface area (Å²) in [6.07, 6.45) is 1.86. The summed E-state index contributed by atoms with van der Waals surface area (Å²) in [5.74, 6) is -0.132. The zero-order valence-electron chi connectivity index (χ0n) is 12.3. The highest BCUT2D eigenvalue weighted by molar-refractivity contribution is 8.00. The highest BCUT2D eigenvalue weighted by Gasteiger charge is 2.18. The normalized spacial score (nSPS) is 11.8. The van der Waals surface area contributed by atoms with Gasteiger partial charge >= 0.3 is 0 Å². The maximum Gasteiger partial charge on any atom is 0.237 e. The molecular formula is C16H13N5OS. The molecule has 0 bridgehead atoms. The Balaban J connectivity index is 1.68. The average molecular weight is 323 g/mol. The summed E-state index contributed by atoms with van der Waals surface area (Å²) in [6.45, 7) is 1.81. The Bertz CT molecular complexity index is 881. The molecule has 0 saturated heterocycles. The van der Waals surface area contributed by atoms with Crippen LogP contribution in [0.1, 0.15) is 12.5 Å². The number of thioether (sulfide) groups is 1. The van der Waals surface area contributed by atoms with Crippen molar-refractivity contribution in [3.63, 3.8) is 0 Å². The van der Waals surface area contributed by atoms with Gasteiger partial charge in [0.25, 0.3) is 0 Å². The summed E-state index contributed by atoms with van der Waals surface area (Å²) in [7, 11) is 0. The SMILES string of the molecule is CC(Sc1nnc2ccccn12)C(=O)Nc1ccc(C#N)cc1. The van der Waals surface area contributed by atoms with Crippen LogP contribution in [0.5, 0.6) is 0 Å². The quantitative estimate of drug-likeness (QED) is 0.746. The monoisotopic (exact) mass is 323 g/mol. The van der Waals surface area contributed by atoms with E-state index in [0.29, 0.717) is 16.4 Å². The number of nitrogens with one attached hydrogen (secondary N) is 1. The molecule has 114 valence electrons. The predicted octanol–water partition coefficient (Wildman–Crippen LogP) is 2.72. The summed E-state index contributed by atoms with van der Waals surface area (Å²) in [4.78, 5) is 12.3. The molecule has 1 amide bonds. The molecule has 23 heavy (non-hydrogen) atoms. The van der Waals surface area contributed by atoms with Crippen LogP contribution in [0.15, 0.2) is 53.8 Å². The van der Waals surface area contributed by atoms with Crippen LogP contribution in [0.4, 0.5) is 5.69 Å². The summed E-state index contributed by atoms with van der Waals surface area (Å²) in [5.41, 5.74) is 1.96. The molecule has 0 aliphatic carbocycles. The number of carbonyl (C=O) groups is 1. The van der Waals surface area contributed by atoms with Gasteiger partial charge in [-0.3, -0.25) is 9.20 Å². The zero-order valence-corrected chi connectivity index (χ0v) is 13.1. The standard InChI is InChI=1S/C16H13N5OS/c1-11(15(22)18-13-7-5-12(10-17)6-8-13)23-16-20-19-14-4-2-3-9-21(14)16/h2-9,11H,1H3,(H,18,22). The minimum absolute atomic E-state index is 0.132. The zero-order chi connectivity index (χ0) is 16.2. The average Bonchev–Trinajstić information content (AvgIpc) is 2.98. The fourth-order valence-electron chi connectivity index (χ4n) is 1.98. The van der Waals surface area contributed by atoms with E-state index in [1.807, 2.05) is 41.8 Å². The number of benzene rings is 1. The number of hydrogen-bond acceptors (Lipinski definition) is 5. The second-order valence-corrected chi connectivity index (χ2v) is 6.16. The van der Waals surface area contributed by atoms with Crippen molar-refractivity contribution in [3.05, 3.63) is 54.2 Å². The summed E-state index contributed by atoms with van der Waals surface area (Å²) in [6, 6.07) is 14.4. The van der Waals surface area contributed by atoms with Gasteiger partial charge in [0.15, 0.2) is 10.8 Å². The smallest absolute Gasteiger partial charge is 0.237 e. The van der Waals surface area contributed by atoms with E-state index in [1.165, 1.54) is 11.8 Å². The second-order valence-electron chi connectivity index (χ2n) is 4.85. The Morgan fingerprint density at radius 1 is 1.26 bits per heavy atom. The number of pyridine rings is 1. The molecule has 6 nitrogen and oxygen atoms in total. The number of rotatable bonds is 4. The Hall–Kier alpha value is -2.85. The lowest BCUT2D eigenvalue weighted by Crippen LogP contribution is -2.22. The third kappa shape index (κ3) is 3.33. The van der Waals surface area contributed by atoms with Gasteiger partial charge < -0.3 is 5.32 Å². The minimum atomic E-state index is -0.335.